The fraction of sp³-hybridized carbons (Fsp3) is 0. The number of benzene rings is 2. The summed E-state index contributed by atoms with van der Waals surface area (Å²) in [6.45, 7) is 0. The summed E-state index contributed by atoms with van der Waals surface area (Å²) in [7, 11) is 0. The number of fused-ring (bicyclic) bond motifs is 1. The van der Waals surface area contributed by atoms with Gasteiger partial charge in [0.1, 0.15) is 0 Å². The second-order valence-corrected chi connectivity index (χ2v) is 5.59. The molecule has 0 bridgehead atoms. The van der Waals surface area contributed by atoms with E-state index in [1.165, 1.54) is 0 Å². The number of ketones is 1. The minimum atomic E-state index is -0.0435. The van der Waals surface area contributed by atoms with Crippen molar-refractivity contribution in [3.8, 4) is 11.1 Å². The second-order valence-electron chi connectivity index (χ2n) is 5.59. The smallest absolute Gasteiger partial charge is 0.185 e. The van der Waals surface area contributed by atoms with Gasteiger partial charge in [-0.1, -0.05) is 36.4 Å². The van der Waals surface area contributed by atoms with Crippen LogP contribution in [0.1, 0.15) is 15.9 Å². The Morgan fingerprint density at radius 3 is 2.44 bits per heavy atom. The van der Waals surface area contributed by atoms with Gasteiger partial charge in [-0.2, -0.15) is 0 Å². The van der Waals surface area contributed by atoms with E-state index in [0.717, 1.165) is 27.7 Å². The molecule has 0 unspecified atom stereocenters. The molecule has 2 aromatic heterocycles. The quantitative estimate of drug-likeness (QED) is 0.400. The van der Waals surface area contributed by atoms with Crippen molar-refractivity contribution in [3.05, 3.63) is 90.7 Å². The molecular weight excluding hydrogens is 312 g/mol. The first-order valence-electron chi connectivity index (χ1n) is 7.85. The lowest BCUT2D eigenvalue weighted by Gasteiger charge is -2.00. The molecule has 25 heavy (non-hydrogen) atoms. The molecule has 0 saturated carbocycles. The van der Waals surface area contributed by atoms with Crippen molar-refractivity contribution in [2.75, 3.05) is 0 Å². The number of carbonyl (C=O) groups excluding carboxylic acids is 1. The van der Waals surface area contributed by atoms with E-state index in [-0.39, 0.29) is 5.78 Å². The Kier molecular flexibility index (Phi) is 3.92. The van der Waals surface area contributed by atoms with Crippen LogP contribution >= 0.6 is 0 Å². The molecule has 0 aliphatic carbocycles. The monoisotopic (exact) mass is 326 g/mol. The van der Waals surface area contributed by atoms with Crippen LogP contribution in [0.15, 0.2) is 83.9 Å². The topological polar surface area (TPSA) is 56.0 Å². The van der Waals surface area contributed by atoms with Crippen molar-refractivity contribution in [1.29, 1.82) is 0 Å². The molecule has 120 valence electrons. The Hall–Kier alpha value is -3.53. The van der Waals surface area contributed by atoms with Crippen molar-refractivity contribution in [1.82, 2.24) is 9.97 Å². The summed E-state index contributed by atoms with van der Waals surface area (Å²) in [5.74, 6) is -0.0435. The van der Waals surface area contributed by atoms with Crippen molar-refractivity contribution in [3.63, 3.8) is 0 Å². The van der Waals surface area contributed by atoms with Crippen LogP contribution in [0.5, 0.6) is 0 Å². The second kappa shape index (κ2) is 6.53. The zero-order valence-electron chi connectivity index (χ0n) is 13.3. The van der Waals surface area contributed by atoms with Crippen molar-refractivity contribution >= 4 is 22.9 Å². The number of carbonyl (C=O) groups is 1. The van der Waals surface area contributed by atoms with E-state index >= 15 is 0 Å². The van der Waals surface area contributed by atoms with Gasteiger partial charge in [0.25, 0.3) is 0 Å². The summed E-state index contributed by atoms with van der Waals surface area (Å²) in [5.41, 5.74) is 5.21. The molecule has 0 amide bonds. The highest BCUT2D eigenvalue weighted by atomic mass is 16.3. The average Bonchev–Trinajstić information content (AvgIpc) is 3.21. The Morgan fingerprint density at radius 2 is 1.68 bits per heavy atom. The third-order valence-corrected chi connectivity index (χ3v) is 3.94. The van der Waals surface area contributed by atoms with E-state index < -0.39 is 0 Å². The average molecular weight is 326 g/mol. The molecule has 2 aromatic carbocycles. The third-order valence-electron chi connectivity index (χ3n) is 3.94. The Morgan fingerprint density at radius 1 is 0.880 bits per heavy atom. The molecule has 4 nitrogen and oxygen atoms in total. The van der Waals surface area contributed by atoms with Gasteiger partial charge >= 0.3 is 0 Å². The van der Waals surface area contributed by atoms with Crippen LogP contribution in [0.25, 0.3) is 28.2 Å². The van der Waals surface area contributed by atoms with Crippen molar-refractivity contribution in [2.45, 2.75) is 0 Å². The number of rotatable bonds is 4. The van der Waals surface area contributed by atoms with Crippen LogP contribution in [-0.4, -0.2) is 15.8 Å². The fourth-order valence-electron chi connectivity index (χ4n) is 2.61. The molecule has 0 spiro atoms. The molecule has 2 heterocycles. The molecule has 4 heteroatoms. The highest BCUT2D eigenvalue weighted by Crippen LogP contribution is 2.20. The Labute approximate surface area is 144 Å². The van der Waals surface area contributed by atoms with Gasteiger partial charge in [-0.15, -0.1) is 0 Å². The number of hydrogen-bond donors (Lipinski definition) is 0. The zero-order chi connectivity index (χ0) is 17.1. The first kappa shape index (κ1) is 15.0. The Bertz CT molecular complexity index is 1050. The molecule has 0 radical (unpaired) electrons. The van der Waals surface area contributed by atoms with E-state index in [9.17, 15) is 4.79 Å². The summed E-state index contributed by atoms with van der Waals surface area (Å²) >= 11 is 0. The molecule has 0 aliphatic rings. The first-order valence-corrected chi connectivity index (χ1v) is 7.85. The van der Waals surface area contributed by atoms with Crippen LogP contribution < -0.4 is 0 Å². The summed E-state index contributed by atoms with van der Waals surface area (Å²) < 4.78 is 5.08. The van der Waals surface area contributed by atoms with Gasteiger partial charge in [-0.25, -0.2) is 0 Å². The third kappa shape index (κ3) is 3.23. The summed E-state index contributed by atoms with van der Waals surface area (Å²) in [5, 5.41) is 0. The molecule has 0 aliphatic heterocycles. The van der Waals surface area contributed by atoms with Crippen LogP contribution in [0.4, 0.5) is 0 Å². The van der Waals surface area contributed by atoms with Gasteiger partial charge in [0, 0.05) is 23.5 Å². The first-order chi connectivity index (χ1) is 12.3. The molecular formula is C21H14N2O2. The maximum Gasteiger partial charge on any atom is 0.185 e. The summed E-state index contributed by atoms with van der Waals surface area (Å²) in [6, 6.07) is 15.1. The highest BCUT2D eigenvalue weighted by Gasteiger charge is 2.04. The van der Waals surface area contributed by atoms with E-state index in [4.69, 9.17) is 4.42 Å². The number of furan rings is 1. The summed E-state index contributed by atoms with van der Waals surface area (Å²) in [6.07, 6.45) is 9.99. The van der Waals surface area contributed by atoms with E-state index in [0.29, 0.717) is 5.56 Å². The van der Waals surface area contributed by atoms with Crippen molar-refractivity contribution < 1.29 is 9.21 Å². The molecule has 0 fully saturated rings. The Balaban J connectivity index is 1.53. The number of allylic oxidation sites excluding steroid dienone is 1. The van der Waals surface area contributed by atoms with Crippen LogP contribution in [0, 0.1) is 0 Å². The van der Waals surface area contributed by atoms with E-state index in [1.54, 1.807) is 37.1 Å². The lowest BCUT2D eigenvalue weighted by atomic mass is 10.0. The highest BCUT2D eigenvalue weighted by molar-refractivity contribution is 6.07. The molecule has 0 atom stereocenters. The predicted molar refractivity (Wildman–Crippen MR) is 97.0 cm³/mol. The van der Waals surface area contributed by atoms with Gasteiger partial charge < -0.3 is 4.42 Å². The largest absolute Gasteiger partial charge is 0.472 e. The van der Waals surface area contributed by atoms with Gasteiger partial charge in [-0.05, 0) is 35.4 Å². The number of nitrogens with zero attached hydrogens (tertiary/aromatic N) is 2. The van der Waals surface area contributed by atoms with Gasteiger partial charge in [0.2, 0.25) is 0 Å². The van der Waals surface area contributed by atoms with Gasteiger partial charge in [-0.3, -0.25) is 14.8 Å². The van der Waals surface area contributed by atoms with E-state index in [1.807, 2.05) is 48.5 Å². The normalized spacial score (nSPS) is 11.2. The van der Waals surface area contributed by atoms with Crippen LogP contribution in [0.3, 0.4) is 0 Å². The molecule has 0 saturated heterocycles. The molecule has 0 N–H and O–H groups in total. The van der Waals surface area contributed by atoms with Crippen molar-refractivity contribution in [2.24, 2.45) is 0 Å². The minimum Gasteiger partial charge on any atom is -0.472 e. The van der Waals surface area contributed by atoms with E-state index in [2.05, 4.69) is 9.97 Å². The molecule has 4 rings (SSSR count). The number of hydrogen-bond acceptors (Lipinski definition) is 4. The van der Waals surface area contributed by atoms with Gasteiger partial charge in [0.15, 0.2) is 5.78 Å². The standard InChI is InChI=1S/C21H14N2O2/c24-21(17-5-3-16(4-6-17)18-9-12-25-14-18)8-2-15-1-7-19-20(13-15)23-11-10-22-19/h1-14H. The maximum atomic E-state index is 12.3. The predicted octanol–water partition coefficient (Wildman–Crippen LogP) is 4.79. The SMILES string of the molecule is O=C(C=Cc1ccc2nccnc2c1)c1ccc(-c2ccoc2)cc1. The summed E-state index contributed by atoms with van der Waals surface area (Å²) in [4.78, 5) is 20.9. The lowest BCUT2D eigenvalue weighted by molar-refractivity contribution is 0.104. The van der Waals surface area contributed by atoms with Crippen LogP contribution in [0.2, 0.25) is 0 Å². The zero-order valence-corrected chi connectivity index (χ0v) is 13.3. The maximum absolute atomic E-state index is 12.3. The minimum absolute atomic E-state index is 0.0435. The number of aromatic nitrogens is 2. The van der Waals surface area contributed by atoms with Crippen LogP contribution in [-0.2, 0) is 0 Å². The lowest BCUT2D eigenvalue weighted by Crippen LogP contribution is -1.93. The fourth-order valence-corrected chi connectivity index (χ4v) is 2.61. The van der Waals surface area contributed by atoms with Gasteiger partial charge in [0.05, 0.1) is 23.6 Å². The molecule has 4 aromatic rings.